The first kappa shape index (κ1) is 12.9. The number of nitrogen functional groups attached to an aromatic ring is 1. The number of nitrogens with zero attached hydrogens (tertiary/aromatic N) is 3. The van der Waals surface area contributed by atoms with Gasteiger partial charge < -0.3 is 10.5 Å². The molecule has 0 fully saturated rings. The zero-order valence-electron chi connectivity index (χ0n) is 9.88. The number of alkyl halides is 2. The Morgan fingerprint density at radius 1 is 1.47 bits per heavy atom. The van der Waals surface area contributed by atoms with Gasteiger partial charge in [0, 0.05) is 0 Å². The summed E-state index contributed by atoms with van der Waals surface area (Å²) in [7, 11) is 1.24. The summed E-state index contributed by atoms with van der Waals surface area (Å²) in [5.41, 5.74) is 5.35. The Balaban J connectivity index is 2.32. The van der Waals surface area contributed by atoms with Crippen molar-refractivity contribution in [2.24, 2.45) is 0 Å². The van der Waals surface area contributed by atoms with E-state index in [0.717, 1.165) is 0 Å². The molecule has 2 heterocycles. The van der Waals surface area contributed by atoms with E-state index in [2.05, 4.69) is 14.8 Å². The van der Waals surface area contributed by atoms with Crippen LogP contribution >= 0.6 is 0 Å². The van der Waals surface area contributed by atoms with Gasteiger partial charge in [-0.2, -0.15) is 5.10 Å². The molecule has 0 aliphatic carbocycles. The highest BCUT2D eigenvalue weighted by Crippen LogP contribution is 2.24. The van der Waals surface area contributed by atoms with Gasteiger partial charge in [-0.1, -0.05) is 0 Å². The van der Waals surface area contributed by atoms with E-state index < -0.39 is 18.1 Å². The fourth-order valence-electron chi connectivity index (χ4n) is 1.45. The average molecular weight is 268 g/mol. The summed E-state index contributed by atoms with van der Waals surface area (Å²) in [6.45, 7) is 0. The van der Waals surface area contributed by atoms with Crippen molar-refractivity contribution < 1.29 is 18.3 Å². The fourth-order valence-corrected chi connectivity index (χ4v) is 1.45. The van der Waals surface area contributed by atoms with Gasteiger partial charge in [0.05, 0.1) is 30.9 Å². The van der Waals surface area contributed by atoms with Crippen LogP contribution in [0.2, 0.25) is 0 Å². The first-order valence-electron chi connectivity index (χ1n) is 5.21. The van der Waals surface area contributed by atoms with E-state index in [1.54, 1.807) is 0 Å². The Morgan fingerprint density at radius 3 is 2.68 bits per heavy atom. The van der Waals surface area contributed by atoms with Crippen LogP contribution in [-0.4, -0.2) is 27.8 Å². The molecular weight excluding hydrogens is 258 g/mol. The van der Waals surface area contributed by atoms with Gasteiger partial charge >= 0.3 is 5.97 Å². The largest absolute Gasteiger partial charge is 0.464 e. The maximum atomic E-state index is 12.5. The lowest BCUT2D eigenvalue weighted by Crippen LogP contribution is -2.05. The van der Waals surface area contributed by atoms with Gasteiger partial charge in [0.1, 0.15) is 5.69 Å². The Labute approximate surface area is 106 Å². The molecule has 0 spiro atoms. The van der Waals surface area contributed by atoms with Gasteiger partial charge in [0.25, 0.3) is 6.43 Å². The molecule has 0 aromatic carbocycles. The van der Waals surface area contributed by atoms with E-state index in [1.165, 1.54) is 36.3 Å². The highest BCUT2D eigenvalue weighted by molar-refractivity contribution is 5.87. The van der Waals surface area contributed by atoms with Crippen molar-refractivity contribution in [1.82, 2.24) is 14.8 Å². The number of pyridine rings is 1. The Bertz CT molecular complexity index is 595. The molecule has 0 amide bonds. The van der Waals surface area contributed by atoms with Gasteiger partial charge in [-0.05, 0) is 12.1 Å². The van der Waals surface area contributed by atoms with Crippen LogP contribution < -0.4 is 5.73 Å². The Morgan fingerprint density at radius 2 is 2.21 bits per heavy atom. The van der Waals surface area contributed by atoms with E-state index >= 15 is 0 Å². The number of ether oxygens (including phenoxy) is 1. The third-order valence-electron chi connectivity index (χ3n) is 2.39. The number of esters is 1. The molecule has 0 saturated heterocycles. The van der Waals surface area contributed by atoms with Crippen LogP contribution in [-0.2, 0) is 4.74 Å². The predicted molar refractivity (Wildman–Crippen MR) is 62.1 cm³/mol. The summed E-state index contributed by atoms with van der Waals surface area (Å²) in [6, 6.07) is 2.90. The molecule has 2 N–H and O–H groups in total. The second-order valence-electron chi connectivity index (χ2n) is 3.61. The molecule has 2 aromatic rings. The zero-order chi connectivity index (χ0) is 14.0. The molecule has 0 bridgehead atoms. The molecule has 100 valence electrons. The van der Waals surface area contributed by atoms with Crippen LogP contribution in [0.4, 0.5) is 14.5 Å². The molecule has 0 saturated carbocycles. The van der Waals surface area contributed by atoms with Crippen molar-refractivity contribution in [1.29, 1.82) is 0 Å². The molecule has 0 aliphatic rings. The van der Waals surface area contributed by atoms with Crippen molar-refractivity contribution in [3.05, 3.63) is 35.9 Å². The van der Waals surface area contributed by atoms with E-state index in [9.17, 15) is 13.6 Å². The zero-order valence-corrected chi connectivity index (χ0v) is 9.88. The number of aromatic nitrogens is 3. The first-order valence-corrected chi connectivity index (χ1v) is 5.21. The van der Waals surface area contributed by atoms with E-state index in [0.29, 0.717) is 5.69 Å². The summed E-state index contributed by atoms with van der Waals surface area (Å²) in [6.07, 6.45) is -0.173. The van der Waals surface area contributed by atoms with E-state index in [4.69, 9.17) is 5.73 Å². The standard InChI is InChI=1S/C11H10F2N4O2/c1-19-11(18)8-3-2-6(4-15-8)17-5-7(14)9(16-17)10(12)13/h2-5,10H,14H2,1H3. The number of methoxy groups -OCH3 is 1. The normalized spacial score (nSPS) is 10.7. The highest BCUT2D eigenvalue weighted by atomic mass is 19.3. The predicted octanol–water partition coefficient (Wildman–Crippen LogP) is 1.57. The third kappa shape index (κ3) is 2.51. The number of carbonyl (C=O) groups is 1. The maximum absolute atomic E-state index is 12.5. The number of nitrogens with two attached hydrogens (primary N) is 1. The number of halogens is 2. The quantitative estimate of drug-likeness (QED) is 0.854. The molecule has 2 aromatic heterocycles. The van der Waals surface area contributed by atoms with E-state index in [1.807, 2.05) is 0 Å². The number of hydrogen-bond acceptors (Lipinski definition) is 5. The first-order chi connectivity index (χ1) is 9.02. The highest BCUT2D eigenvalue weighted by Gasteiger charge is 2.17. The minimum atomic E-state index is -2.75. The SMILES string of the molecule is COC(=O)c1ccc(-n2cc(N)c(C(F)F)n2)cn1. The topological polar surface area (TPSA) is 83.0 Å². The number of anilines is 1. The van der Waals surface area contributed by atoms with Crippen molar-refractivity contribution in [2.45, 2.75) is 6.43 Å². The Kier molecular flexibility index (Phi) is 3.41. The van der Waals surface area contributed by atoms with E-state index in [-0.39, 0.29) is 11.4 Å². The summed E-state index contributed by atoms with van der Waals surface area (Å²) < 4.78 is 30.7. The molecule has 8 heteroatoms. The van der Waals surface area contributed by atoms with Crippen LogP contribution in [0.1, 0.15) is 22.6 Å². The summed E-state index contributed by atoms with van der Waals surface area (Å²) in [4.78, 5) is 15.0. The molecule has 2 rings (SSSR count). The van der Waals surface area contributed by atoms with Crippen LogP contribution in [0, 0.1) is 0 Å². The van der Waals surface area contributed by atoms with Gasteiger partial charge in [-0.15, -0.1) is 0 Å². The number of carbonyl (C=O) groups excluding carboxylic acids is 1. The fraction of sp³-hybridized carbons (Fsp3) is 0.182. The lowest BCUT2D eigenvalue weighted by atomic mass is 10.3. The van der Waals surface area contributed by atoms with Crippen LogP contribution in [0.15, 0.2) is 24.5 Å². The smallest absolute Gasteiger partial charge is 0.356 e. The van der Waals surface area contributed by atoms with Crippen molar-refractivity contribution in [3.8, 4) is 5.69 Å². The van der Waals surface area contributed by atoms with Crippen LogP contribution in [0.3, 0.4) is 0 Å². The molecule has 6 nitrogen and oxygen atoms in total. The van der Waals surface area contributed by atoms with Gasteiger partial charge in [-0.3, -0.25) is 0 Å². The summed E-state index contributed by atoms with van der Waals surface area (Å²) >= 11 is 0. The second-order valence-corrected chi connectivity index (χ2v) is 3.61. The number of hydrogen-bond donors (Lipinski definition) is 1. The molecule has 0 aliphatic heterocycles. The lowest BCUT2D eigenvalue weighted by molar-refractivity contribution is 0.0594. The summed E-state index contributed by atoms with van der Waals surface area (Å²) in [5, 5.41) is 3.66. The summed E-state index contributed by atoms with van der Waals surface area (Å²) in [5.74, 6) is -0.584. The van der Waals surface area contributed by atoms with Gasteiger partial charge in [0.2, 0.25) is 0 Å². The lowest BCUT2D eigenvalue weighted by Gasteiger charge is -2.02. The molecule has 0 radical (unpaired) electrons. The Hall–Kier alpha value is -2.51. The molecule has 0 atom stereocenters. The molecular formula is C11H10F2N4O2. The van der Waals surface area contributed by atoms with Crippen molar-refractivity contribution in [2.75, 3.05) is 12.8 Å². The minimum Gasteiger partial charge on any atom is -0.464 e. The van der Waals surface area contributed by atoms with Gasteiger partial charge in [0.15, 0.2) is 5.69 Å². The van der Waals surface area contributed by atoms with Crippen LogP contribution in [0.5, 0.6) is 0 Å². The average Bonchev–Trinajstić information content (AvgIpc) is 2.80. The maximum Gasteiger partial charge on any atom is 0.356 e. The second kappa shape index (κ2) is 5.01. The minimum absolute atomic E-state index is 0.105. The van der Waals surface area contributed by atoms with Crippen molar-refractivity contribution >= 4 is 11.7 Å². The monoisotopic (exact) mass is 268 g/mol. The van der Waals surface area contributed by atoms with Gasteiger partial charge in [-0.25, -0.2) is 23.2 Å². The van der Waals surface area contributed by atoms with Crippen molar-refractivity contribution in [3.63, 3.8) is 0 Å². The molecule has 0 unspecified atom stereocenters. The van der Waals surface area contributed by atoms with Crippen LogP contribution in [0.25, 0.3) is 5.69 Å². The molecule has 19 heavy (non-hydrogen) atoms. The number of rotatable bonds is 3. The third-order valence-corrected chi connectivity index (χ3v) is 2.39.